The van der Waals surface area contributed by atoms with Gasteiger partial charge in [0.2, 0.25) is 0 Å². The molecule has 0 spiro atoms. The first-order chi connectivity index (χ1) is 5.06. The van der Waals surface area contributed by atoms with Gasteiger partial charge in [-0.3, -0.25) is 4.52 Å². The number of rotatable bonds is 6. The lowest BCUT2D eigenvalue weighted by atomic mass is 10.7. The standard InChI is InChI=1S/C5H11O5P/c1-2-3-9-4-5-10-11(6,7)8/h2H,1,3-5H2,(H2,6,7,8). The fraction of sp³-hybridized carbons (Fsp3) is 0.600. The van der Waals surface area contributed by atoms with Gasteiger partial charge in [-0.05, 0) is 0 Å². The van der Waals surface area contributed by atoms with Crippen LogP contribution in [-0.2, 0) is 13.8 Å². The van der Waals surface area contributed by atoms with E-state index >= 15 is 0 Å². The van der Waals surface area contributed by atoms with Crippen molar-refractivity contribution in [3.8, 4) is 0 Å². The van der Waals surface area contributed by atoms with E-state index in [1.807, 2.05) is 0 Å². The molecular formula is C5H11O5P. The zero-order valence-corrected chi connectivity index (χ0v) is 6.87. The molecule has 0 atom stereocenters. The van der Waals surface area contributed by atoms with Crippen LogP contribution in [0, 0.1) is 0 Å². The first kappa shape index (κ1) is 10.8. The van der Waals surface area contributed by atoms with Gasteiger partial charge in [0.05, 0.1) is 19.8 Å². The van der Waals surface area contributed by atoms with E-state index in [9.17, 15) is 4.57 Å². The molecule has 0 aromatic carbocycles. The molecule has 2 N–H and O–H groups in total. The predicted molar refractivity (Wildman–Crippen MR) is 39.0 cm³/mol. The van der Waals surface area contributed by atoms with Crippen LogP contribution in [0.1, 0.15) is 0 Å². The Bertz CT molecular complexity index is 151. The highest BCUT2D eigenvalue weighted by Crippen LogP contribution is 2.35. The number of hydrogen-bond donors (Lipinski definition) is 2. The van der Waals surface area contributed by atoms with E-state index in [1.165, 1.54) is 6.08 Å². The minimum absolute atomic E-state index is 0.113. The molecular weight excluding hydrogens is 171 g/mol. The smallest absolute Gasteiger partial charge is 0.375 e. The molecule has 0 unspecified atom stereocenters. The molecule has 0 amide bonds. The monoisotopic (exact) mass is 182 g/mol. The van der Waals surface area contributed by atoms with Gasteiger partial charge >= 0.3 is 7.82 Å². The molecule has 0 heterocycles. The summed E-state index contributed by atoms with van der Waals surface area (Å²) >= 11 is 0. The molecule has 0 fully saturated rings. The maximum Gasteiger partial charge on any atom is 0.469 e. The second kappa shape index (κ2) is 5.46. The van der Waals surface area contributed by atoms with Gasteiger partial charge in [0, 0.05) is 0 Å². The Morgan fingerprint density at radius 2 is 2.09 bits per heavy atom. The Kier molecular flexibility index (Phi) is 5.36. The largest absolute Gasteiger partial charge is 0.469 e. The molecule has 0 bridgehead atoms. The molecule has 0 aliphatic rings. The van der Waals surface area contributed by atoms with Crippen molar-refractivity contribution in [1.82, 2.24) is 0 Å². The van der Waals surface area contributed by atoms with Crippen molar-refractivity contribution in [1.29, 1.82) is 0 Å². The zero-order valence-electron chi connectivity index (χ0n) is 5.97. The normalized spacial score (nSPS) is 11.5. The van der Waals surface area contributed by atoms with Crippen LogP contribution in [0.4, 0.5) is 0 Å². The van der Waals surface area contributed by atoms with Crippen LogP contribution < -0.4 is 0 Å². The fourth-order valence-corrected chi connectivity index (χ4v) is 0.694. The van der Waals surface area contributed by atoms with Crippen LogP contribution in [0.25, 0.3) is 0 Å². The third kappa shape index (κ3) is 9.81. The molecule has 66 valence electrons. The van der Waals surface area contributed by atoms with Crippen molar-refractivity contribution in [3.63, 3.8) is 0 Å². The van der Waals surface area contributed by atoms with E-state index in [1.54, 1.807) is 0 Å². The van der Waals surface area contributed by atoms with Crippen molar-refractivity contribution in [2.45, 2.75) is 0 Å². The molecule has 0 saturated carbocycles. The van der Waals surface area contributed by atoms with Crippen molar-refractivity contribution >= 4 is 7.82 Å². The molecule has 0 rings (SSSR count). The molecule has 0 aliphatic carbocycles. The maximum atomic E-state index is 10.1. The van der Waals surface area contributed by atoms with E-state index in [-0.39, 0.29) is 13.2 Å². The van der Waals surface area contributed by atoms with Crippen molar-refractivity contribution in [3.05, 3.63) is 12.7 Å². The lowest BCUT2D eigenvalue weighted by Crippen LogP contribution is -2.02. The van der Waals surface area contributed by atoms with Crippen molar-refractivity contribution < 1.29 is 23.6 Å². The lowest BCUT2D eigenvalue weighted by Gasteiger charge is -2.04. The number of phosphoric ester groups is 1. The second-order valence-corrected chi connectivity index (χ2v) is 2.93. The van der Waals surface area contributed by atoms with Gasteiger partial charge in [0.15, 0.2) is 0 Å². The van der Waals surface area contributed by atoms with E-state index in [2.05, 4.69) is 11.1 Å². The quantitative estimate of drug-likeness (QED) is 0.351. The number of hydrogen-bond acceptors (Lipinski definition) is 3. The summed E-state index contributed by atoms with van der Waals surface area (Å²) in [6, 6.07) is 0. The molecule has 0 saturated heterocycles. The van der Waals surface area contributed by atoms with Gasteiger partial charge in [-0.2, -0.15) is 0 Å². The molecule has 0 aromatic rings. The van der Waals surface area contributed by atoms with Crippen LogP contribution >= 0.6 is 7.82 Å². The third-order valence-corrected chi connectivity index (χ3v) is 1.24. The van der Waals surface area contributed by atoms with Gasteiger partial charge in [-0.1, -0.05) is 6.08 Å². The Morgan fingerprint density at radius 1 is 1.45 bits per heavy atom. The van der Waals surface area contributed by atoms with E-state index < -0.39 is 7.82 Å². The topological polar surface area (TPSA) is 76.0 Å². The molecule has 0 aliphatic heterocycles. The molecule has 0 aromatic heterocycles. The van der Waals surface area contributed by atoms with E-state index in [4.69, 9.17) is 14.5 Å². The highest BCUT2D eigenvalue weighted by molar-refractivity contribution is 7.46. The van der Waals surface area contributed by atoms with Crippen LogP contribution in [0.15, 0.2) is 12.7 Å². The summed E-state index contributed by atoms with van der Waals surface area (Å²) < 4.78 is 18.9. The summed E-state index contributed by atoms with van der Waals surface area (Å²) in [5.41, 5.74) is 0. The summed E-state index contributed by atoms with van der Waals surface area (Å²) in [5.74, 6) is 0. The fourth-order valence-electron chi connectivity index (χ4n) is 0.382. The van der Waals surface area contributed by atoms with Gasteiger partial charge < -0.3 is 14.5 Å². The molecule has 0 radical (unpaired) electrons. The molecule has 5 nitrogen and oxygen atoms in total. The maximum absolute atomic E-state index is 10.1. The SMILES string of the molecule is C=CCOCCOP(=O)(O)O. The lowest BCUT2D eigenvalue weighted by molar-refractivity contribution is 0.102. The Hall–Kier alpha value is -0.190. The van der Waals surface area contributed by atoms with Crippen molar-refractivity contribution in [2.24, 2.45) is 0 Å². The van der Waals surface area contributed by atoms with Crippen LogP contribution in [-0.4, -0.2) is 29.6 Å². The van der Waals surface area contributed by atoms with Crippen molar-refractivity contribution in [2.75, 3.05) is 19.8 Å². The first-order valence-corrected chi connectivity index (χ1v) is 4.48. The van der Waals surface area contributed by atoms with Crippen LogP contribution in [0.2, 0.25) is 0 Å². The number of phosphoric acid groups is 1. The first-order valence-electron chi connectivity index (χ1n) is 2.95. The summed E-state index contributed by atoms with van der Waals surface area (Å²) in [6.07, 6.45) is 1.54. The summed E-state index contributed by atoms with van der Waals surface area (Å²) in [7, 11) is -4.32. The molecule has 6 heteroatoms. The summed E-state index contributed by atoms with van der Waals surface area (Å²) in [5, 5.41) is 0. The zero-order chi connectivity index (χ0) is 8.74. The van der Waals surface area contributed by atoms with Gasteiger partial charge in [0.1, 0.15) is 0 Å². The van der Waals surface area contributed by atoms with Gasteiger partial charge in [-0.15, -0.1) is 6.58 Å². The summed E-state index contributed by atoms with van der Waals surface area (Å²) in [4.78, 5) is 16.4. The highest BCUT2D eigenvalue weighted by Gasteiger charge is 2.12. The van der Waals surface area contributed by atoms with Gasteiger partial charge in [-0.25, -0.2) is 4.57 Å². The van der Waals surface area contributed by atoms with E-state index in [0.29, 0.717) is 6.61 Å². The summed E-state index contributed by atoms with van der Waals surface area (Å²) in [6.45, 7) is 3.78. The minimum Gasteiger partial charge on any atom is -0.375 e. The minimum atomic E-state index is -4.32. The van der Waals surface area contributed by atoms with E-state index in [0.717, 1.165) is 0 Å². The second-order valence-electron chi connectivity index (χ2n) is 1.69. The third-order valence-electron chi connectivity index (χ3n) is 0.723. The Morgan fingerprint density at radius 3 is 2.55 bits per heavy atom. The van der Waals surface area contributed by atoms with Crippen LogP contribution in [0.5, 0.6) is 0 Å². The average Bonchev–Trinajstić information content (AvgIpc) is 1.85. The molecule has 11 heavy (non-hydrogen) atoms. The van der Waals surface area contributed by atoms with Gasteiger partial charge in [0.25, 0.3) is 0 Å². The van der Waals surface area contributed by atoms with Crippen LogP contribution in [0.3, 0.4) is 0 Å². The highest BCUT2D eigenvalue weighted by atomic mass is 31.2. The average molecular weight is 182 g/mol. The Labute approximate surface area is 64.9 Å². The Balaban J connectivity index is 3.15. The predicted octanol–water partition coefficient (Wildman–Crippen LogP) is 0.298. The number of ether oxygens (including phenoxy) is 1.